The lowest BCUT2D eigenvalue weighted by atomic mass is 9.60. The fraction of sp³-hybridized carbons (Fsp3) is 0.562. The molecule has 0 radical (unpaired) electrons. The molecule has 2 aromatic rings. The van der Waals surface area contributed by atoms with Gasteiger partial charge in [0.05, 0.1) is 5.69 Å². The highest BCUT2D eigenvalue weighted by molar-refractivity contribution is 7.07. The lowest BCUT2D eigenvalue weighted by molar-refractivity contribution is 0.0220. The summed E-state index contributed by atoms with van der Waals surface area (Å²) in [7, 11) is 0. The van der Waals surface area contributed by atoms with Gasteiger partial charge in [0.2, 0.25) is 5.95 Å². The van der Waals surface area contributed by atoms with E-state index in [2.05, 4.69) is 24.9 Å². The number of hydrogen-bond acceptors (Lipinski definition) is 7. The molecule has 0 unspecified atom stereocenters. The second-order valence-electron chi connectivity index (χ2n) is 6.80. The van der Waals surface area contributed by atoms with Gasteiger partial charge in [-0.2, -0.15) is 0 Å². The molecule has 1 N–H and O–H groups in total. The van der Waals surface area contributed by atoms with Crippen LogP contribution in [0.1, 0.15) is 41.0 Å². The molecule has 4 rings (SSSR count). The normalized spacial score (nSPS) is 20.0. The van der Waals surface area contributed by atoms with Crippen LogP contribution in [-0.4, -0.2) is 49.5 Å². The van der Waals surface area contributed by atoms with Crippen LogP contribution >= 0.6 is 11.5 Å². The summed E-state index contributed by atoms with van der Waals surface area (Å²) in [6.45, 7) is 3.49. The van der Waals surface area contributed by atoms with Crippen LogP contribution in [0.25, 0.3) is 0 Å². The SMILES string of the molecule is Cc1nnsc1C(=O)N1CCC2(CC1)CC(Nc1ncccn1)C2. The van der Waals surface area contributed by atoms with Crippen molar-refractivity contribution in [3.8, 4) is 0 Å². The molecule has 2 fully saturated rings. The predicted molar refractivity (Wildman–Crippen MR) is 90.9 cm³/mol. The van der Waals surface area contributed by atoms with E-state index in [1.54, 1.807) is 12.4 Å². The summed E-state index contributed by atoms with van der Waals surface area (Å²) >= 11 is 1.20. The summed E-state index contributed by atoms with van der Waals surface area (Å²) in [5.74, 6) is 0.794. The highest BCUT2D eigenvalue weighted by Crippen LogP contribution is 2.49. The van der Waals surface area contributed by atoms with Crippen LogP contribution in [0.3, 0.4) is 0 Å². The zero-order valence-corrected chi connectivity index (χ0v) is 14.4. The Labute approximate surface area is 144 Å². The van der Waals surface area contributed by atoms with E-state index in [0.717, 1.165) is 44.5 Å². The molecular formula is C16H20N6OS. The number of piperidine rings is 1. The van der Waals surface area contributed by atoms with Crippen molar-refractivity contribution in [3.05, 3.63) is 29.0 Å². The quantitative estimate of drug-likeness (QED) is 0.918. The van der Waals surface area contributed by atoms with E-state index in [1.165, 1.54) is 11.5 Å². The van der Waals surface area contributed by atoms with Crippen molar-refractivity contribution < 1.29 is 4.79 Å². The summed E-state index contributed by atoms with van der Waals surface area (Å²) in [4.78, 5) is 23.6. The molecular weight excluding hydrogens is 324 g/mol. The molecule has 1 aliphatic carbocycles. The second kappa shape index (κ2) is 6.08. The van der Waals surface area contributed by atoms with Gasteiger partial charge < -0.3 is 10.2 Å². The summed E-state index contributed by atoms with van der Waals surface area (Å²) < 4.78 is 3.87. The van der Waals surface area contributed by atoms with Crippen LogP contribution in [0.5, 0.6) is 0 Å². The van der Waals surface area contributed by atoms with Crippen molar-refractivity contribution in [3.63, 3.8) is 0 Å². The third kappa shape index (κ3) is 2.86. The molecule has 1 spiro atoms. The number of nitrogens with zero attached hydrogens (tertiary/aromatic N) is 5. The van der Waals surface area contributed by atoms with E-state index in [4.69, 9.17) is 0 Å². The molecule has 1 amide bonds. The first-order chi connectivity index (χ1) is 11.7. The van der Waals surface area contributed by atoms with Gasteiger partial charge in [-0.05, 0) is 55.6 Å². The van der Waals surface area contributed by atoms with Crippen LogP contribution in [0.4, 0.5) is 5.95 Å². The first-order valence-corrected chi connectivity index (χ1v) is 9.04. The number of carbonyl (C=O) groups excluding carboxylic acids is 1. The van der Waals surface area contributed by atoms with Gasteiger partial charge in [0.25, 0.3) is 5.91 Å². The monoisotopic (exact) mass is 344 g/mol. The Morgan fingerprint density at radius 1 is 1.29 bits per heavy atom. The molecule has 8 heteroatoms. The smallest absolute Gasteiger partial charge is 0.267 e. The number of hydrogen-bond donors (Lipinski definition) is 1. The van der Waals surface area contributed by atoms with Crippen LogP contribution < -0.4 is 5.32 Å². The zero-order chi connectivity index (χ0) is 16.6. The summed E-state index contributed by atoms with van der Waals surface area (Å²) in [5, 5.41) is 7.34. The van der Waals surface area contributed by atoms with E-state index >= 15 is 0 Å². The van der Waals surface area contributed by atoms with E-state index in [0.29, 0.717) is 22.3 Å². The number of nitrogens with one attached hydrogen (secondary N) is 1. The summed E-state index contributed by atoms with van der Waals surface area (Å²) in [6, 6.07) is 2.27. The number of rotatable bonds is 3. The number of amides is 1. The number of aryl methyl sites for hydroxylation is 1. The summed E-state index contributed by atoms with van der Waals surface area (Å²) in [5.41, 5.74) is 1.12. The average molecular weight is 344 g/mol. The van der Waals surface area contributed by atoms with Gasteiger partial charge in [-0.25, -0.2) is 9.97 Å². The van der Waals surface area contributed by atoms with Gasteiger partial charge in [0.1, 0.15) is 4.88 Å². The first-order valence-electron chi connectivity index (χ1n) is 8.27. The standard InChI is InChI=1S/C16H20N6OS/c1-11-13(24-21-20-11)14(23)22-7-3-16(4-8-22)9-12(10-16)19-15-17-5-2-6-18-15/h2,5-6,12H,3-4,7-10H2,1H3,(H,17,18,19). The third-order valence-electron chi connectivity index (χ3n) is 5.21. The molecule has 1 saturated carbocycles. The number of aromatic nitrogens is 4. The maximum absolute atomic E-state index is 12.5. The van der Waals surface area contributed by atoms with Crippen LogP contribution in [0.15, 0.2) is 18.5 Å². The number of anilines is 1. The molecule has 0 atom stereocenters. The van der Waals surface area contributed by atoms with Gasteiger partial charge in [0.15, 0.2) is 0 Å². The van der Waals surface area contributed by atoms with E-state index < -0.39 is 0 Å². The Balaban J connectivity index is 1.30. The van der Waals surface area contributed by atoms with Crippen molar-refractivity contribution in [2.75, 3.05) is 18.4 Å². The fourth-order valence-corrected chi connectivity index (χ4v) is 4.43. The van der Waals surface area contributed by atoms with Crippen molar-refractivity contribution in [2.45, 2.75) is 38.6 Å². The first kappa shape index (κ1) is 15.4. The zero-order valence-electron chi connectivity index (χ0n) is 13.6. The van der Waals surface area contributed by atoms with Crippen molar-refractivity contribution in [1.82, 2.24) is 24.5 Å². The van der Waals surface area contributed by atoms with E-state index in [-0.39, 0.29) is 5.91 Å². The largest absolute Gasteiger partial charge is 0.351 e. The lowest BCUT2D eigenvalue weighted by Gasteiger charge is -2.52. The third-order valence-corrected chi connectivity index (χ3v) is 6.03. The minimum absolute atomic E-state index is 0.0871. The van der Waals surface area contributed by atoms with Gasteiger partial charge in [-0.1, -0.05) is 4.49 Å². The van der Waals surface area contributed by atoms with E-state index in [1.807, 2.05) is 17.9 Å². The van der Waals surface area contributed by atoms with Gasteiger partial charge >= 0.3 is 0 Å². The minimum Gasteiger partial charge on any atom is -0.351 e. The average Bonchev–Trinajstić information content (AvgIpc) is 3.00. The molecule has 2 aliphatic rings. The van der Waals surface area contributed by atoms with Crippen molar-refractivity contribution in [1.29, 1.82) is 0 Å². The Hall–Kier alpha value is -2.09. The molecule has 24 heavy (non-hydrogen) atoms. The topological polar surface area (TPSA) is 83.9 Å². The molecule has 3 heterocycles. The second-order valence-corrected chi connectivity index (χ2v) is 7.56. The molecule has 0 bridgehead atoms. The van der Waals surface area contributed by atoms with Crippen LogP contribution in [-0.2, 0) is 0 Å². The molecule has 7 nitrogen and oxygen atoms in total. The Bertz CT molecular complexity index is 717. The fourth-order valence-electron chi connectivity index (χ4n) is 3.81. The van der Waals surface area contributed by atoms with Crippen LogP contribution in [0, 0.1) is 12.3 Å². The Kier molecular flexibility index (Phi) is 3.91. The minimum atomic E-state index is 0.0871. The maximum Gasteiger partial charge on any atom is 0.267 e. The maximum atomic E-state index is 12.5. The Morgan fingerprint density at radius 2 is 2.00 bits per heavy atom. The van der Waals surface area contributed by atoms with E-state index in [9.17, 15) is 4.79 Å². The number of carbonyl (C=O) groups is 1. The van der Waals surface area contributed by atoms with Gasteiger partial charge in [0, 0.05) is 31.5 Å². The molecule has 126 valence electrons. The molecule has 0 aromatic carbocycles. The van der Waals surface area contributed by atoms with Crippen molar-refractivity contribution in [2.24, 2.45) is 5.41 Å². The summed E-state index contributed by atoms with van der Waals surface area (Å²) in [6.07, 6.45) is 7.91. The molecule has 1 saturated heterocycles. The predicted octanol–water partition coefficient (Wildman–Crippen LogP) is 2.13. The van der Waals surface area contributed by atoms with Gasteiger partial charge in [-0.3, -0.25) is 4.79 Å². The van der Waals surface area contributed by atoms with Gasteiger partial charge in [-0.15, -0.1) is 5.10 Å². The van der Waals surface area contributed by atoms with Crippen molar-refractivity contribution >= 4 is 23.4 Å². The van der Waals surface area contributed by atoms with Crippen LogP contribution in [0.2, 0.25) is 0 Å². The number of likely N-dealkylation sites (tertiary alicyclic amines) is 1. The molecule has 1 aliphatic heterocycles. The Morgan fingerprint density at radius 3 is 2.62 bits per heavy atom. The highest BCUT2D eigenvalue weighted by atomic mass is 32.1. The highest BCUT2D eigenvalue weighted by Gasteiger charge is 2.46. The molecule has 2 aromatic heterocycles. The lowest BCUT2D eigenvalue weighted by Crippen LogP contribution is -2.52.